The van der Waals surface area contributed by atoms with Gasteiger partial charge in [0.2, 0.25) is 5.89 Å². The van der Waals surface area contributed by atoms with Crippen LogP contribution >= 0.6 is 0 Å². The first-order chi connectivity index (χ1) is 8.11. The lowest BCUT2D eigenvalue weighted by Gasteiger charge is -2.14. The van der Waals surface area contributed by atoms with Gasteiger partial charge in [0.05, 0.1) is 5.92 Å². The standard InChI is InChI=1S/C13H23N3O/c1-8-5-6-11(7-8)12-15-13(17-16-12)9(2)10(3)14-4/h8-11,14H,5-7H2,1-4H3. The third-order valence-corrected chi connectivity index (χ3v) is 4.11. The first-order valence-electron chi connectivity index (χ1n) is 6.62. The van der Waals surface area contributed by atoms with Crippen LogP contribution in [-0.2, 0) is 0 Å². The summed E-state index contributed by atoms with van der Waals surface area (Å²) in [5, 5.41) is 7.38. The fourth-order valence-electron chi connectivity index (χ4n) is 2.50. The van der Waals surface area contributed by atoms with Gasteiger partial charge in [-0.1, -0.05) is 19.0 Å². The lowest BCUT2D eigenvalue weighted by atomic mass is 10.0. The summed E-state index contributed by atoms with van der Waals surface area (Å²) < 4.78 is 5.40. The van der Waals surface area contributed by atoms with Gasteiger partial charge >= 0.3 is 0 Å². The minimum Gasteiger partial charge on any atom is -0.339 e. The second-order valence-corrected chi connectivity index (χ2v) is 5.47. The molecule has 0 spiro atoms. The van der Waals surface area contributed by atoms with E-state index in [1.54, 1.807) is 0 Å². The third kappa shape index (κ3) is 2.68. The molecule has 2 rings (SSSR count). The van der Waals surface area contributed by atoms with Gasteiger partial charge in [0.15, 0.2) is 5.82 Å². The zero-order chi connectivity index (χ0) is 12.4. The van der Waals surface area contributed by atoms with Crippen molar-refractivity contribution < 1.29 is 4.52 Å². The summed E-state index contributed by atoms with van der Waals surface area (Å²) in [6, 6.07) is 0.353. The fourth-order valence-corrected chi connectivity index (χ4v) is 2.50. The first kappa shape index (κ1) is 12.6. The van der Waals surface area contributed by atoms with Crippen LogP contribution in [0.5, 0.6) is 0 Å². The Morgan fingerprint density at radius 3 is 2.71 bits per heavy atom. The van der Waals surface area contributed by atoms with Gasteiger partial charge in [-0.15, -0.1) is 0 Å². The van der Waals surface area contributed by atoms with Crippen molar-refractivity contribution in [3.63, 3.8) is 0 Å². The Kier molecular flexibility index (Phi) is 3.82. The number of nitrogens with zero attached hydrogens (tertiary/aromatic N) is 2. The van der Waals surface area contributed by atoms with Crippen LogP contribution in [0.25, 0.3) is 0 Å². The van der Waals surface area contributed by atoms with E-state index in [0.29, 0.717) is 12.0 Å². The minimum atomic E-state index is 0.264. The highest BCUT2D eigenvalue weighted by Gasteiger charge is 2.28. The Morgan fingerprint density at radius 1 is 1.35 bits per heavy atom. The Labute approximate surface area is 103 Å². The molecule has 0 radical (unpaired) electrons. The second-order valence-electron chi connectivity index (χ2n) is 5.47. The SMILES string of the molecule is CNC(C)C(C)c1nc(C2CCC(C)C2)no1. The number of nitrogens with one attached hydrogen (secondary N) is 1. The molecule has 0 aromatic carbocycles. The van der Waals surface area contributed by atoms with Crippen molar-refractivity contribution in [3.8, 4) is 0 Å². The average molecular weight is 237 g/mol. The van der Waals surface area contributed by atoms with Crippen molar-refractivity contribution in [2.24, 2.45) is 5.92 Å². The maximum Gasteiger partial charge on any atom is 0.231 e. The molecule has 0 aliphatic heterocycles. The highest BCUT2D eigenvalue weighted by Crippen LogP contribution is 2.36. The van der Waals surface area contributed by atoms with E-state index in [0.717, 1.165) is 17.6 Å². The van der Waals surface area contributed by atoms with Gasteiger partial charge in [0, 0.05) is 12.0 Å². The lowest BCUT2D eigenvalue weighted by Crippen LogP contribution is -2.27. The molecular weight excluding hydrogens is 214 g/mol. The van der Waals surface area contributed by atoms with Crippen LogP contribution in [0.2, 0.25) is 0 Å². The molecule has 4 nitrogen and oxygen atoms in total. The average Bonchev–Trinajstić information content (AvgIpc) is 2.95. The number of hydrogen-bond donors (Lipinski definition) is 1. The summed E-state index contributed by atoms with van der Waals surface area (Å²) in [5.41, 5.74) is 0. The normalized spacial score (nSPS) is 28.2. The number of rotatable bonds is 4. The molecular formula is C13H23N3O. The molecule has 4 heteroatoms. The molecule has 1 heterocycles. The maximum atomic E-state index is 5.40. The van der Waals surface area contributed by atoms with Crippen LogP contribution in [0.3, 0.4) is 0 Å². The molecule has 17 heavy (non-hydrogen) atoms. The van der Waals surface area contributed by atoms with E-state index in [4.69, 9.17) is 4.52 Å². The van der Waals surface area contributed by atoms with Crippen molar-refractivity contribution in [1.82, 2.24) is 15.5 Å². The number of aromatic nitrogens is 2. The molecule has 0 amide bonds. The van der Waals surface area contributed by atoms with Gasteiger partial charge in [0.25, 0.3) is 0 Å². The van der Waals surface area contributed by atoms with Crippen LogP contribution < -0.4 is 5.32 Å². The minimum absolute atomic E-state index is 0.264. The van der Waals surface area contributed by atoms with Crippen molar-refractivity contribution in [2.45, 2.75) is 57.9 Å². The fraction of sp³-hybridized carbons (Fsp3) is 0.846. The predicted octanol–water partition coefficient (Wildman–Crippen LogP) is 2.68. The van der Waals surface area contributed by atoms with E-state index in [2.05, 4.69) is 36.2 Å². The van der Waals surface area contributed by atoms with Crippen molar-refractivity contribution >= 4 is 0 Å². The zero-order valence-electron chi connectivity index (χ0n) is 11.2. The third-order valence-electron chi connectivity index (χ3n) is 4.11. The van der Waals surface area contributed by atoms with E-state index in [1.807, 2.05) is 7.05 Å². The summed E-state index contributed by atoms with van der Waals surface area (Å²) >= 11 is 0. The van der Waals surface area contributed by atoms with Gasteiger partial charge in [-0.05, 0) is 39.2 Å². The van der Waals surface area contributed by atoms with Gasteiger partial charge in [-0.3, -0.25) is 0 Å². The monoisotopic (exact) mass is 237 g/mol. The second kappa shape index (κ2) is 5.17. The van der Waals surface area contributed by atoms with Crippen LogP contribution in [0.15, 0.2) is 4.52 Å². The van der Waals surface area contributed by atoms with Crippen molar-refractivity contribution in [2.75, 3.05) is 7.05 Å². The Bertz CT molecular complexity index is 347. The maximum absolute atomic E-state index is 5.40. The van der Waals surface area contributed by atoms with Crippen LogP contribution in [0, 0.1) is 5.92 Å². The highest BCUT2D eigenvalue weighted by molar-refractivity contribution is 5.02. The van der Waals surface area contributed by atoms with Gasteiger partial charge in [-0.2, -0.15) is 4.98 Å². The van der Waals surface area contributed by atoms with Gasteiger partial charge < -0.3 is 9.84 Å². The molecule has 1 aliphatic carbocycles. The Hall–Kier alpha value is -0.900. The Morgan fingerprint density at radius 2 is 2.12 bits per heavy atom. The lowest BCUT2D eigenvalue weighted by molar-refractivity contribution is 0.331. The van der Waals surface area contributed by atoms with Gasteiger partial charge in [0.1, 0.15) is 0 Å². The van der Waals surface area contributed by atoms with Crippen LogP contribution in [-0.4, -0.2) is 23.2 Å². The molecule has 1 fully saturated rings. The topological polar surface area (TPSA) is 51.0 Å². The summed E-state index contributed by atoms with van der Waals surface area (Å²) in [5.74, 6) is 3.26. The van der Waals surface area contributed by atoms with Gasteiger partial charge in [-0.25, -0.2) is 0 Å². The molecule has 1 aromatic rings. The smallest absolute Gasteiger partial charge is 0.231 e. The highest BCUT2D eigenvalue weighted by atomic mass is 16.5. The largest absolute Gasteiger partial charge is 0.339 e. The number of hydrogen-bond acceptors (Lipinski definition) is 4. The molecule has 4 unspecified atom stereocenters. The first-order valence-corrected chi connectivity index (χ1v) is 6.62. The molecule has 0 saturated heterocycles. The molecule has 1 N–H and O–H groups in total. The van der Waals surface area contributed by atoms with E-state index in [9.17, 15) is 0 Å². The quantitative estimate of drug-likeness (QED) is 0.874. The number of likely N-dealkylation sites (N-methyl/N-ethyl adjacent to an activating group) is 1. The zero-order valence-corrected chi connectivity index (χ0v) is 11.2. The van der Waals surface area contributed by atoms with E-state index >= 15 is 0 Å². The van der Waals surface area contributed by atoms with Crippen molar-refractivity contribution in [3.05, 3.63) is 11.7 Å². The summed E-state index contributed by atoms with van der Waals surface area (Å²) in [6.45, 7) is 6.55. The molecule has 96 valence electrons. The molecule has 1 aromatic heterocycles. The summed E-state index contributed by atoms with van der Waals surface area (Å²) in [4.78, 5) is 4.58. The summed E-state index contributed by atoms with van der Waals surface area (Å²) in [6.07, 6.45) is 3.70. The predicted molar refractivity (Wildman–Crippen MR) is 67.0 cm³/mol. The molecule has 4 atom stereocenters. The van der Waals surface area contributed by atoms with E-state index < -0.39 is 0 Å². The Balaban J connectivity index is 2.05. The van der Waals surface area contributed by atoms with Crippen molar-refractivity contribution in [1.29, 1.82) is 0 Å². The van der Waals surface area contributed by atoms with E-state index in [1.165, 1.54) is 19.3 Å². The van der Waals surface area contributed by atoms with E-state index in [-0.39, 0.29) is 5.92 Å². The summed E-state index contributed by atoms with van der Waals surface area (Å²) in [7, 11) is 1.96. The molecule has 0 bridgehead atoms. The van der Waals surface area contributed by atoms with Crippen LogP contribution in [0.4, 0.5) is 0 Å². The van der Waals surface area contributed by atoms with Crippen LogP contribution in [0.1, 0.15) is 63.6 Å². The molecule has 1 aliphatic rings. The molecule has 1 saturated carbocycles.